The Balaban J connectivity index is 0.000000214. The predicted molar refractivity (Wildman–Crippen MR) is 186 cm³/mol. The highest BCUT2D eigenvalue weighted by Gasteiger charge is 2.42. The molecule has 0 aliphatic carbocycles. The van der Waals surface area contributed by atoms with E-state index in [1.807, 2.05) is 104 Å². The fourth-order valence-corrected chi connectivity index (χ4v) is 5.61. The number of carboxylic acid groups (broad SMARTS) is 1. The van der Waals surface area contributed by atoms with E-state index in [0.717, 1.165) is 28.9 Å². The highest BCUT2D eigenvalue weighted by Crippen LogP contribution is 2.38. The van der Waals surface area contributed by atoms with Gasteiger partial charge in [0, 0.05) is 42.9 Å². The zero-order valence-corrected chi connectivity index (χ0v) is 27.6. The van der Waals surface area contributed by atoms with E-state index in [2.05, 4.69) is 55.2 Å². The first-order valence-corrected chi connectivity index (χ1v) is 16.0. The zero-order valence-electron chi connectivity index (χ0n) is 27.6. The minimum atomic E-state index is -0.860. The molecule has 0 spiro atoms. The molecule has 47 heavy (non-hydrogen) atoms. The number of rotatable bonds is 13. The summed E-state index contributed by atoms with van der Waals surface area (Å²) in [4.78, 5) is 29.7. The maximum Gasteiger partial charge on any atom is 0.306 e. The molecule has 0 aliphatic rings. The van der Waals surface area contributed by atoms with Gasteiger partial charge in [0.2, 0.25) is 0 Å². The maximum atomic E-state index is 12.3. The van der Waals surface area contributed by atoms with E-state index in [9.17, 15) is 9.59 Å². The van der Waals surface area contributed by atoms with Crippen molar-refractivity contribution in [3.63, 3.8) is 0 Å². The molecule has 0 saturated carbocycles. The van der Waals surface area contributed by atoms with E-state index in [1.54, 1.807) is 0 Å². The van der Waals surface area contributed by atoms with Gasteiger partial charge in [0.15, 0.2) is 11.7 Å². The van der Waals surface area contributed by atoms with Gasteiger partial charge in [0.1, 0.15) is 11.3 Å². The fraction of sp³-hybridized carbons (Fsp3) is 0.275. The van der Waals surface area contributed by atoms with Crippen LogP contribution in [0.15, 0.2) is 126 Å². The number of oxazole rings is 1. The van der Waals surface area contributed by atoms with Crippen LogP contribution in [0.2, 0.25) is 0 Å². The molecule has 4 aromatic carbocycles. The van der Waals surface area contributed by atoms with Crippen molar-refractivity contribution in [1.29, 1.82) is 0 Å². The number of esters is 1. The number of benzene rings is 4. The molecule has 0 aliphatic heterocycles. The average molecular weight is 633 g/mol. The van der Waals surface area contributed by atoms with Crippen LogP contribution >= 0.6 is 0 Å². The Morgan fingerprint density at radius 3 is 1.89 bits per heavy atom. The van der Waals surface area contributed by atoms with Crippen molar-refractivity contribution in [3.8, 4) is 22.6 Å². The van der Waals surface area contributed by atoms with Crippen molar-refractivity contribution in [2.45, 2.75) is 45.1 Å². The van der Waals surface area contributed by atoms with E-state index < -0.39 is 11.6 Å². The van der Waals surface area contributed by atoms with Crippen molar-refractivity contribution in [3.05, 3.63) is 138 Å². The predicted octanol–water partition coefficient (Wildman–Crippen LogP) is 8.30. The summed E-state index contributed by atoms with van der Waals surface area (Å²) in [5.74, 6) is 0.235. The van der Waals surface area contributed by atoms with Crippen LogP contribution in [0.1, 0.15) is 43.7 Å². The molecule has 1 N–H and O–H groups in total. The topological polar surface area (TPSA) is 92.9 Å². The summed E-state index contributed by atoms with van der Waals surface area (Å²) in [5, 5.41) is 8.82. The molecule has 0 bridgehead atoms. The van der Waals surface area contributed by atoms with Crippen LogP contribution < -0.4 is 0 Å². The highest BCUT2D eigenvalue weighted by atomic mass is 16.6. The zero-order chi connectivity index (χ0) is 33.6. The van der Waals surface area contributed by atoms with Gasteiger partial charge in [-0.15, -0.1) is 0 Å². The first-order chi connectivity index (χ1) is 22.7. The van der Waals surface area contributed by atoms with Gasteiger partial charge >= 0.3 is 11.9 Å². The molecule has 2 atom stereocenters. The molecule has 0 saturated heterocycles. The SMILES string of the molecule is CCC(=O)OC(Cc1ccccc1)(c1ccccc1)C(C)CN(C)C.O=C(O)CCc1nc(-c2ccccc2)c(-c2ccccc2)o1. The van der Waals surface area contributed by atoms with Gasteiger partial charge in [-0.1, -0.05) is 135 Å². The van der Waals surface area contributed by atoms with E-state index in [0.29, 0.717) is 24.5 Å². The Hall–Kier alpha value is -5.01. The molecule has 0 fully saturated rings. The number of hydrogen-bond donors (Lipinski definition) is 1. The molecule has 2 unspecified atom stereocenters. The Morgan fingerprint density at radius 1 is 0.830 bits per heavy atom. The Bertz CT molecular complexity index is 1610. The first kappa shape index (κ1) is 34.9. The number of aliphatic carboxylic acids is 1. The number of hydrogen-bond acceptors (Lipinski definition) is 6. The molecule has 5 rings (SSSR count). The van der Waals surface area contributed by atoms with Gasteiger partial charge in [-0.25, -0.2) is 4.98 Å². The number of aromatic nitrogens is 1. The van der Waals surface area contributed by atoms with Gasteiger partial charge in [-0.05, 0) is 25.2 Å². The third-order valence-electron chi connectivity index (χ3n) is 7.90. The number of carbonyl (C=O) groups excluding carboxylic acids is 1. The van der Waals surface area contributed by atoms with Crippen LogP contribution in [0, 0.1) is 5.92 Å². The molecule has 7 heteroatoms. The lowest BCUT2D eigenvalue weighted by Crippen LogP contribution is -2.44. The quantitative estimate of drug-likeness (QED) is 0.131. The summed E-state index contributed by atoms with van der Waals surface area (Å²) >= 11 is 0. The van der Waals surface area contributed by atoms with Crippen molar-refractivity contribution >= 4 is 11.9 Å². The Labute approximate surface area is 277 Å². The number of nitrogens with zero attached hydrogens (tertiary/aromatic N) is 2. The fourth-order valence-electron chi connectivity index (χ4n) is 5.61. The Kier molecular flexibility index (Phi) is 12.7. The lowest BCUT2D eigenvalue weighted by Gasteiger charge is -2.40. The molecule has 0 radical (unpaired) electrons. The summed E-state index contributed by atoms with van der Waals surface area (Å²) in [6.07, 6.45) is 1.32. The van der Waals surface area contributed by atoms with Gasteiger partial charge < -0.3 is 19.2 Å². The van der Waals surface area contributed by atoms with E-state index >= 15 is 0 Å². The van der Waals surface area contributed by atoms with Crippen LogP contribution in [0.4, 0.5) is 0 Å². The normalized spacial score (nSPS) is 12.8. The third-order valence-corrected chi connectivity index (χ3v) is 7.90. The highest BCUT2D eigenvalue weighted by molar-refractivity contribution is 5.77. The van der Waals surface area contributed by atoms with Crippen LogP contribution in [-0.4, -0.2) is 47.6 Å². The number of ether oxygens (including phenoxy) is 1. The number of carboxylic acids is 1. The van der Waals surface area contributed by atoms with Crippen molar-refractivity contribution in [2.24, 2.45) is 5.92 Å². The third kappa shape index (κ3) is 9.74. The van der Waals surface area contributed by atoms with Crippen LogP contribution in [0.5, 0.6) is 0 Å². The van der Waals surface area contributed by atoms with Crippen LogP contribution in [-0.2, 0) is 32.8 Å². The molecular weight excluding hydrogens is 588 g/mol. The minimum Gasteiger partial charge on any atom is -0.481 e. The molecule has 1 heterocycles. The second-order valence-corrected chi connectivity index (χ2v) is 11.8. The van der Waals surface area contributed by atoms with E-state index in [-0.39, 0.29) is 24.7 Å². The lowest BCUT2D eigenvalue weighted by molar-refractivity contribution is -0.168. The summed E-state index contributed by atoms with van der Waals surface area (Å²) in [6.45, 7) is 4.84. The minimum absolute atomic E-state index is 0.00295. The summed E-state index contributed by atoms with van der Waals surface area (Å²) < 4.78 is 12.0. The lowest BCUT2D eigenvalue weighted by atomic mass is 9.77. The van der Waals surface area contributed by atoms with E-state index in [1.165, 1.54) is 5.56 Å². The van der Waals surface area contributed by atoms with Gasteiger partial charge in [0.25, 0.3) is 0 Å². The van der Waals surface area contributed by atoms with Gasteiger partial charge in [-0.2, -0.15) is 0 Å². The van der Waals surface area contributed by atoms with Crippen LogP contribution in [0.25, 0.3) is 22.6 Å². The smallest absolute Gasteiger partial charge is 0.306 e. The first-order valence-electron chi connectivity index (χ1n) is 16.0. The van der Waals surface area contributed by atoms with Crippen LogP contribution in [0.3, 0.4) is 0 Å². The van der Waals surface area contributed by atoms with Crippen molar-refractivity contribution in [2.75, 3.05) is 20.6 Å². The largest absolute Gasteiger partial charge is 0.481 e. The standard InChI is InChI=1S/C22H29NO2.C18H15NO3/c1-5-21(24)25-22(18(2)17-23(3)4,20-14-10-7-11-15-20)16-19-12-8-6-9-13-19;20-16(21)12-11-15-19-17(13-7-3-1-4-8-13)18(22-15)14-9-5-2-6-10-14/h6-15,18H,5,16-17H2,1-4H3;1-10H,11-12H2,(H,20,21). The Morgan fingerprint density at radius 2 is 1.36 bits per heavy atom. The summed E-state index contributed by atoms with van der Waals surface area (Å²) in [6, 6.07) is 39.9. The molecule has 7 nitrogen and oxygen atoms in total. The number of aryl methyl sites for hydroxylation is 1. The van der Waals surface area contributed by atoms with Crippen molar-refractivity contribution in [1.82, 2.24) is 9.88 Å². The molecule has 244 valence electrons. The van der Waals surface area contributed by atoms with Gasteiger partial charge in [-0.3, -0.25) is 9.59 Å². The summed E-state index contributed by atoms with van der Waals surface area (Å²) in [5.41, 5.74) is 4.16. The second-order valence-electron chi connectivity index (χ2n) is 11.8. The summed E-state index contributed by atoms with van der Waals surface area (Å²) in [7, 11) is 4.10. The van der Waals surface area contributed by atoms with Crippen molar-refractivity contribution < 1.29 is 23.8 Å². The average Bonchev–Trinajstić information content (AvgIpc) is 3.53. The van der Waals surface area contributed by atoms with Gasteiger partial charge in [0.05, 0.1) is 6.42 Å². The molecule has 1 aromatic heterocycles. The molecule has 0 amide bonds. The maximum absolute atomic E-state index is 12.3. The molecular formula is C40H44N2O5. The number of carbonyl (C=O) groups is 2. The second kappa shape index (κ2) is 17.1. The molecule has 5 aromatic rings. The van der Waals surface area contributed by atoms with E-state index in [4.69, 9.17) is 14.3 Å². The monoisotopic (exact) mass is 632 g/mol.